The van der Waals surface area contributed by atoms with Crippen LogP contribution in [0.2, 0.25) is 0 Å². The summed E-state index contributed by atoms with van der Waals surface area (Å²) in [6.45, 7) is 0.224. The van der Waals surface area contributed by atoms with Gasteiger partial charge in [-0.05, 0) is 30.6 Å². The number of benzene rings is 1. The van der Waals surface area contributed by atoms with Crippen LogP contribution in [0, 0.1) is 0 Å². The maximum Gasteiger partial charge on any atom is 0.157 e. The molecule has 0 saturated carbocycles. The third-order valence-corrected chi connectivity index (χ3v) is 1.22. The quantitative estimate of drug-likeness (QED) is 0.618. The monoisotopic (exact) mass is 195 g/mol. The number of halogens is 1. The molecule has 0 aliphatic heterocycles. The highest BCUT2D eigenvalue weighted by molar-refractivity contribution is 5.85. The van der Waals surface area contributed by atoms with Crippen molar-refractivity contribution in [2.24, 2.45) is 5.73 Å². The first-order valence-electron chi connectivity index (χ1n) is 4.71. The fraction of sp³-hybridized carbons (Fsp3) is 0.250. The molecule has 0 bridgehead atoms. The highest BCUT2D eigenvalue weighted by Crippen LogP contribution is 2.24. The molecule has 0 fully saturated rings. The molecule has 0 amide bonds. The predicted molar refractivity (Wildman–Crippen MR) is 49.8 cm³/mol. The molecule has 0 aliphatic rings. The van der Waals surface area contributed by atoms with Gasteiger partial charge in [-0.3, -0.25) is 0 Å². The van der Waals surface area contributed by atoms with Gasteiger partial charge in [-0.15, -0.1) is 12.4 Å². The lowest BCUT2D eigenvalue weighted by Crippen LogP contribution is -2.02. The minimum absolute atomic E-state index is 0. The first-order chi connectivity index (χ1) is 6.50. The summed E-state index contributed by atoms with van der Waals surface area (Å²) >= 11 is 0. The zero-order valence-corrected chi connectivity index (χ0v) is 7.11. The van der Waals surface area contributed by atoms with Crippen molar-refractivity contribution in [3.05, 3.63) is 23.7 Å². The molecule has 0 saturated heterocycles. The van der Waals surface area contributed by atoms with E-state index in [1.54, 1.807) is 0 Å². The molecule has 1 aromatic rings. The number of rotatable bonds is 2. The normalized spacial score (nSPS) is 12.6. The van der Waals surface area contributed by atoms with E-state index in [-0.39, 0.29) is 43.0 Å². The van der Waals surface area contributed by atoms with Crippen LogP contribution in [0.5, 0.6) is 11.5 Å². The average Bonchev–Trinajstić information content (AvgIpc) is 2.19. The zero-order chi connectivity index (χ0) is 10.9. The summed E-state index contributed by atoms with van der Waals surface area (Å²) in [6.07, 6.45) is 0.234. The molecule has 3 nitrogen and oxygen atoms in total. The number of phenols is 2. The van der Waals surface area contributed by atoms with Crippen LogP contribution in [-0.2, 0) is 6.42 Å². The molecule has 12 heavy (non-hydrogen) atoms. The van der Waals surface area contributed by atoms with E-state index in [2.05, 4.69) is 0 Å². The Morgan fingerprint density at radius 1 is 1.33 bits per heavy atom. The van der Waals surface area contributed by atoms with Gasteiger partial charge in [-0.1, -0.05) is 6.04 Å². The number of hydrogen-bond acceptors (Lipinski definition) is 3. The molecular formula is C8H12ClNO2. The molecule has 4 heteroatoms. The highest BCUT2D eigenvalue weighted by atomic mass is 35.5. The lowest BCUT2D eigenvalue weighted by molar-refractivity contribution is 0.403. The summed E-state index contributed by atoms with van der Waals surface area (Å²) in [5.74, 6) is -1.38. The molecule has 0 heterocycles. The minimum atomic E-state index is -0.722. The Morgan fingerprint density at radius 2 is 2.00 bits per heavy atom. The van der Waals surface area contributed by atoms with Crippen molar-refractivity contribution in [3.8, 4) is 11.5 Å². The van der Waals surface area contributed by atoms with Crippen LogP contribution in [-0.4, -0.2) is 16.8 Å². The van der Waals surface area contributed by atoms with Gasteiger partial charge in [0.1, 0.15) is 0 Å². The molecule has 0 radical (unpaired) electrons. The maximum absolute atomic E-state index is 9.24. The van der Waals surface area contributed by atoms with Crippen LogP contribution in [0.25, 0.3) is 0 Å². The summed E-state index contributed by atoms with van der Waals surface area (Å²) in [6, 6.07) is -1.05. The lowest BCUT2D eigenvalue weighted by atomic mass is 10.1. The summed E-state index contributed by atoms with van der Waals surface area (Å²) in [5, 5.41) is 18.4. The van der Waals surface area contributed by atoms with E-state index in [0.717, 1.165) is 0 Å². The second-order valence-corrected chi connectivity index (χ2v) is 2.09. The van der Waals surface area contributed by atoms with E-state index in [1.807, 2.05) is 0 Å². The third-order valence-electron chi connectivity index (χ3n) is 1.22. The second-order valence-electron chi connectivity index (χ2n) is 2.09. The second kappa shape index (κ2) is 4.85. The van der Waals surface area contributed by atoms with Gasteiger partial charge < -0.3 is 15.9 Å². The number of nitrogens with two attached hydrogens (primary N) is 1. The Labute approximate surface area is 81.5 Å². The van der Waals surface area contributed by atoms with Crippen molar-refractivity contribution in [1.82, 2.24) is 0 Å². The Morgan fingerprint density at radius 3 is 2.58 bits per heavy atom. The van der Waals surface area contributed by atoms with Crippen LogP contribution < -0.4 is 5.73 Å². The van der Waals surface area contributed by atoms with Crippen molar-refractivity contribution in [1.29, 1.82) is 0 Å². The molecule has 4 N–H and O–H groups in total. The van der Waals surface area contributed by atoms with Crippen LogP contribution in [0.3, 0.4) is 0 Å². The molecule has 1 aromatic carbocycles. The molecule has 0 spiro atoms. The van der Waals surface area contributed by atoms with Gasteiger partial charge in [0.25, 0.3) is 0 Å². The van der Waals surface area contributed by atoms with E-state index in [0.29, 0.717) is 0 Å². The van der Waals surface area contributed by atoms with Crippen LogP contribution >= 0.6 is 12.4 Å². The van der Waals surface area contributed by atoms with Gasteiger partial charge in [0.2, 0.25) is 0 Å². The van der Waals surface area contributed by atoms with Gasteiger partial charge in [0.15, 0.2) is 11.5 Å². The fourth-order valence-corrected chi connectivity index (χ4v) is 0.697. The van der Waals surface area contributed by atoms with Gasteiger partial charge in [0.05, 0.1) is 4.11 Å². The summed E-state index contributed by atoms with van der Waals surface area (Å²) < 4.78 is 22.1. The molecular weight excluding hydrogens is 178 g/mol. The predicted octanol–water partition coefficient (Wildman–Crippen LogP) is 1.02. The van der Waals surface area contributed by atoms with Crippen molar-refractivity contribution in [2.75, 3.05) is 6.54 Å². The largest absolute Gasteiger partial charge is 0.504 e. The first-order valence-corrected chi connectivity index (χ1v) is 3.21. The smallest absolute Gasteiger partial charge is 0.157 e. The Balaban J connectivity index is 0.00000196. The van der Waals surface area contributed by atoms with E-state index in [4.69, 9.17) is 15.0 Å². The SMILES string of the molecule is Cl.[3H]c1c([3H])c(CCN)c([3H])c(O)c1O. The van der Waals surface area contributed by atoms with Crippen molar-refractivity contribution in [2.45, 2.75) is 6.42 Å². The Kier molecular flexibility index (Phi) is 2.66. The van der Waals surface area contributed by atoms with Gasteiger partial charge in [-0.2, -0.15) is 0 Å². The van der Waals surface area contributed by atoms with E-state index in [1.165, 1.54) is 0 Å². The summed E-state index contributed by atoms with van der Waals surface area (Å²) in [5.41, 5.74) is 5.45. The Bertz CT molecular complexity index is 344. The maximum atomic E-state index is 9.24. The van der Waals surface area contributed by atoms with Crippen LogP contribution in [0.1, 0.15) is 9.68 Å². The van der Waals surface area contributed by atoms with Gasteiger partial charge in [0, 0.05) is 0 Å². The van der Waals surface area contributed by atoms with Crippen molar-refractivity contribution >= 4 is 12.4 Å². The third kappa shape index (κ3) is 2.60. The lowest BCUT2D eigenvalue weighted by Gasteiger charge is -2.00. The topological polar surface area (TPSA) is 66.5 Å². The standard InChI is InChI=1S/C8H11NO2.ClH/c9-4-3-6-1-2-7(10)8(11)5-6;/h1-2,5,10-11H,3-4,9H2;1H/i1T,2T,5T;. The molecule has 0 atom stereocenters. The van der Waals surface area contributed by atoms with Crippen LogP contribution in [0.15, 0.2) is 18.1 Å². The molecule has 0 aliphatic carbocycles. The molecule has 1 rings (SSSR count). The van der Waals surface area contributed by atoms with E-state index < -0.39 is 17.5 Å². The molecule has 68 valence electrons. The van der Waals surface area contributed by atoms with Crippen molar-refractivity contribution < 1.29 is 14.3 Å². The zero-order valence-electron chi connectivity index (χ0n) is 9.29. The minimum Gasteiger partial charge on any atom is -0.504 e. The van der Waals surface area contributed by atoms with Crippen LogP contribution in [0.4, 0.5) is 0 Å². The fourth-order valence-electron chi connectivity index (χ4n) is 0.697. The molecule has 0 aromatic heterocycles. The Hall–Kier alpha value is -0.930. The van der Waals surface area contributed by atoms with Gasteiger partial charge in [-0.25, -0.2) is 0 Å². The van der Waals surface area contributed by atoms with Gasteiger partial charge >= 0.3 is 0 Å². The van der Waals surface area contributed by atoms with Crippen molar-refractivity contribution in [3.63, 3.8) is 0 Å². The number of phenolic OH excluding ortho intramolecular Hbond substituents is 2. The summed E-state index contributed by atoms with van der Waals surface area (Å²) in [4.78, 5) is 0. The summed E-state index contributed by atoms with van der Waals surface area (Å²) in [7, 11) is 0. The first kappa shape index (κ1) is 6.57. The highest BCUT2D eigenvalue weighted by Gasteiger charge is 1.98. The van der Waals surface area contributed by atoms with E-state index in [9.17, 15) is 5.11 Å². The molecule has 0 unspecified atom stereocenters. The number of aromatic hydroxyl groups is 2. The number of hydrogen-bond donors (Lipinski definition) is 3. The van der Waals surface area contributed by atoms with E-state index >= 15 is 0 Å². The average molecular weight is 196 g/mol.